The van der Waals surface area contributed by atoms with Crippen molar-refractivity contribution in [3.8, 4) is 0 Å². The normalized spacial score (nSPS) is 10.2. The van der Waals surface area contributed by atoms with E-state index >= 15 is 0 Å². The topological polar surface area (TPSA) is 61.2 Å². The molecule has 0 saturated heterocycles. The zero-order chi connectivity index (χ0) is 12.3. The predicted octanol–water partition coefficient (Wildman–Crippen LogP) is 1.27. The van der Waals surface area contributed by atoms with Gasteiger partial charge in [-0.25, -0.2) is 4.79 Å². The minimum Gasteiger partial charge on any atom is -0.463 e. The second-order valence-corrected chi connectivity index (χ2v) is 3.59. The van der Waals surface area contributed by atoms with E-state index in [-0.39, 0.29) is 0 Å². The summed E-state index contributed by atoms with van der Waals surface area (Å²) in [6, 6.07) is 0. The molecular formula is C11H16N2O3. The van der Waals surface area contributed by atoms with Gasteiger partial charge in [0.05, 0.1) is 18.4 Å². The van der Waals surface area contributed by atoms with Gasteiger partial charge in [-0.15, -0.1) is 0 Å². The van der Waals surface area contributed by atoms with Gasteiger partial charge in [-0.1, -0.05) is 6.92 Å². The fraction of sp³-hybridized carbons (Fsp3) is 0.545. The minimum atomic E-state index is -0.845. The number of rotatable bonds is 4. The number of ketones is 1. The van der Waals surface area contributed by atoms with Gasteiger partial charge in [0.15, 0.2) is 0 Å². The average molecular weight is 224 g/mol. The molecule has 1 heterocycles. The number of hydrogen-bond acceptors (Lipinski definition) is 4. The Balaban J connectivity index is 3.14. The first kappa shape index (κ1) is 12.4. The van der Waals surface area contributed by atoms with Crippen LogP contribution in [-0.4, -0.2) is 28.6 Å². The minimum absolute atomic E-state index is 0.361. The lowest BCUT2D eigenvalue weighted by atomic mass is 10.1. The molecule has 0 amide bonds. The van der Waals surface area contributed by atoms with Gasteiger partial charge < -0.3 is 4.74 Å². The second-order valence-electron chi connectivity index (χ2n) is 3.59. The molecule has 0 aliphatic heterocycles. The third-order valence-corrected chi connectivity index (χ3v) is 2.41. The molecule has 1 rings (SSSR count). The van der Waals surface area contributed by atoms with E-state index in [4.69, 9.17) is 0 Å². The molecule has 0 bridgehead atoms. The summed E-state index contributed by atoms with van der Waals surface area (Å²) in [6.07, 6.45) is 0.924. The van der Waals surface area contributed by atoms with E-state index in [1.807, 2.05) is 6.92 Å². The third-order valence-electron chi connectivity index (χ3n) is 2.41. The zero-order valence-electron chi connectivity index (χ0n) is 10.0. The van der Waals surface area contributed by atoms with Crippen molar-refractivity contribution < 1.29 is 14.3 Å². The van der Waals surface area contributed by atoms with Crippen LogP contribution in [0.3, 0.4) is 0 Å². The summed E-state index contributed by atoms with van der Waals surface area (Å²) < 4.78 is 6.16. The average Bonchev–Trinajstić information content (AvgIpc) is 2.53. The molecular weight excluding hydrogens is 208 g/mol. The molecule has 5 nitrogen and oxygen atoms in total. The highest BCUT2D eigenvalue weighted by Gasteiger charge is 2.24. The molecule has 16 heavy (non-hydrogen) atoms. The van der Waals surface area contributed by atoms with Gasteiger partial charge in [0.25, 0.3) is 5.78 Å². The van der Waals surface area contributed by atoms with Crippen LogP contribution < -0.4 is 0 Å². The molecule has 88 valence electrons. The molecule has 0 aliphatic carbocycles. The Kier molecular flexibility index (Phi) is 3.82. The molecule has 5 heteroatoms. The molecule has 0 fully saturated rings. The van der Waals surface area contributed by atoms with E-state index < -0.39 is 11.8 Å². The Morgan fingerprint density at radius 2 is 2.00 bits per heavy atom. The SMILES string of the molecule is CCCn1nc(C)c(C(=O)C(=O)OC)c1C. The molecule has 0 radical (unpaired) electrons. The highest BCUT2D eigenvalue weighted by atomic mass is 16.5. The van der Waals surface area contributed by atoms with Crippen molar-refractivity contribution in [3.05, 3.63) is 17.0 Å². The number of carbonyl (C=O) groups is 2. The fourth-order valence-electron chi connectivity index (χ4n) is 1.65. The van der Waals surface area contributed by atoms with E-state index in [1.54, 1.807) is 18.5 Å². The number of ether oxygens (including phenoxy) is 1. The Labute approximate surface area is 94.4 Å². The van der Waals surface area contributed by atoms with Crippen molar-refractivity contribution >= 4 is 11.8 Å². The lowest BCUT2D eigenvalue weighted by molar-refractivity contribution is -0.135. The van der Waals surface area contributed by atoms with Crippen molar-refractivity contribution in [2.45, 2.75) is 33.7 Å². The number of aryl methyl sites for hydroxylation is 2. The molecule has 0 unspecified atom stereocenters. The summed E-state index contributed by atoms with van der Waals surface area (Å²) in [4.78, 5) is 22.9. The molecule has 0 N–H and O–H groups in total. The highest BCUT2D eigenvalue weighted by Crippen LogP contribution is 2.14. The maximum Gasteiger partial charge on any atom is 0.379 e. The Hall–Kier alpha value is -1.65. The van der Waals surface area contributed by atoms with Crippen LogP contribution in [0.15, 0.2) is 0 Å². The summed E-state index contributed by atoms with van der Waals surface area (Å²) >= 11 is 0. The summed E-state index contributed by atoms with van der Waals surface area (Å²) in [5.74, 6) is -1.47. The van der Waals surface area contributed by atoms with Gasteiger partial charge in [0.1, 0.15) is 0 Å². The maximum absolute atomic E-state index is 11.7. The zero-order valence-corrected chi connectivity index (χ0v) is 10.0. The number of esters is 1. The second kappa shape index (κ2) is 4.92. The van der Waals surface area contributed by atoms with Gasteiger partial charge in [0.2, 0.25) is 0 Å². The molecule has 0 aromatic carbocycles. The summed E-state index contributed by atoms with van der Waals surface area (Å²) in [6.45, 7) is 6.26. The number of nitrogens with zero attached hydrogens (tertiary/aromatic N) is 2. The van der Waals surface area contributed by atoms with Gasteiger partial charge >= 0.3 is 5.97 Å². The van der Waals surface area contributed by atoms with Crippen molar-refractivity contribution in [2.75, 3.05) is 7.11 Å². The predicted molar refractivity (Wildman–Crippen MR) is 58.3 cm³/mol. The van der Waals surface area contributed by atoms with Crippen molar-refractivity contribution in [1.29, 1.82) is 0 Å². The van der Waals surface area contributed by atoms with Gasteiger partial charge in [0, 0.05) is 12.2 Å². The number of aromatic nitrogens is 2. The lowest BCUT2D eigenvalue weighted by Crippen LogP contribution is -2.17. The first-order chi connectivity index (χ1) is 7.52. The molecule has 0 aliphatic rings. The third kappa shape index (κ3) is 2.13. The summed E-state index contributed by atoms with van der Waals surface area (Å²) in [5.41, 5.74) is 1.65. The Bertz CT molecular complexity index is 421. The van der Waals surface area contributed by atoms with Gasteiger partial charge in [-0.2, -0.15) is 5.10 Å². The van der Waals surface area contributed by atoms with Crippen molar-refractivity contribution in [1.82, 2.24) is 9.78 Å². The van der Waals surface area contributed by atoms with Crippen molar-refractivity contribution in [2.24, 2.45) is 0 Å². The van der Waals surface area contributed by atoms with Crippen LogP contribution in [0.25, 0.3) is 0 Å². The highest BCUT2D eigenvalue weighted by molar-refractivity contribution is 6.41. The standard InChI is InChI=1S/C11H16N2O3/c1-5-6-13-8(3)9(7(2)12-13)10(14)11(15)16-4/h5-6H2,1-4H3. The first-order valence-electron chi connectivity index (χ1n) is 5.19. The quantitative estimate of drug-likeness (QED) is 0.439. The van der Waals surface area contributed by atoms with Crippen LogP contribution in [0.4, 0.5) is 0 Å². The van der Waals surface area contributed by atoms with Crippen LogP contribution >= 0.6 is 0 Å². The van der Waals surface area contributed by atoms with Crippen LogP contribution in [0, 0.1) is 13.8 Å². The molecule has 0 saturated carbocycles. The monoisotopic (exact) mass is 224 g/mol. The first-order valence-corrected chi connectivity index (χ1v) is 5.19. The van der Waals surface area contributed by atoms with Crippen LogP contribution in [0.2, 0.25) is 0 Å². The number of carbonyl (C=O) groups excluding carboxylic acids is 2. The molecule has 1 aromatic heterocycles. The summed E-state index contributed by atoms with van der Waals surface area (Å²) in [5, 5.41) is 4.23. The van der Waals surface area contributed by atoms with E-state index in [1.165, 1.54) is 7.11 Å². The van der Waals surface area contributed by atoms with E-state index in [0.29, 0.717) is 11.3 Å². The van der Waals surface area contributed by atoms with Crippen LogP contribution in [-0.2, 0) is 16.1 Å². The van der Waals surface area contributed by atoms with E-state index in [0.717, 1.165) is 18.7 Å². The van der Waals surface area contributed by atoms with Gasteiger partial charge in [-0.05, 0) is 20.3 Å². The number of hydrogen-bond donors (Lipinski definition) is 0. The lowest BCUT2D eigenvalue weighted by Gasteiger charge is -2.02. The Morgan fingerprint density at radius 1 is 1.38 bits per heavy atom. The van der Waals surface area contributed by atoms with Gasteiger partial charge in [-0.3, -0.25) is 9.48 Å². The van der Waals surface area contributed by atoms with Crippen LogP contribution in [0.1, 0.15) is 35.1 Å². The van der Waals surface area contributed by atoms with E-state index in [2.05, 4.69) is 9.84 Å². The molecule has 0 spiro atoms. The maximum atomic E-state index is 11.7. The van der Waals surface area contributed by atoms with Crippen molar-refractivity contribution in [3.63, 3.8) is 0 Å². The van der Waals surface area contributed by atoms with Crippen LogP contribution in [0.5, 0.6) is 0 Å². The fourth-order valence-corrected chi connectivity index (χ4v) is 1.65. The molecule has 1 aromatic rings. The smallest absolute Gasteiger partial charge is 0.379 e. The largest absolute Gasteiger partial charge is 0.463 e. The summed E-state index contributed by atoms with van der Waals surface area (Å²) in [7, 11) is 1.20. The van der Waals surface area contributed by atoms with E-state index in [9.17, 15) is 9.59 Å². The molecule has 0 atom stereocenters. The Morgan fingerprint density at radius 3 is 2.50 bits per heavy atom. The number of Topliss-reactive ketones (excluding diaryl/α,β-unsaturated/α-hetero) is 1. The number of methoxy groups -OCH3 is 1.